The summed E-state index contributed by atoms with van der Waals surface area (Å²) >= 11 is 0. The first kappa shape index (κ1) is 25.0. The molecule has 0 aliphatic heterocycles. The van der Waals surface area contributed by atoms with E-state index in [0.717, 1.165) is 56.4 Å². The van der Waals surface area contributed by atoms with Gasteiger partial charge in [-0.25, -0.2) is 4.79 Å². The van der Waals surface area contributed by atoms with Crippen LogP contribution in [0.25, 0.3) is 0 Å². The van der Waals surface area contributed by atoms with Gasteiger partial charge in [-0.3, -0.25) is 4.98 Å². The zero-order valence-electron chi connectivity index (χ0n) is 22.3. The second kappa shape index (κ2) is 10.1. The highest BCUT2D eigenvalue weighted by Gasteiger charge is 2.54. The molecule has 1 fully saturated rings. The van der Waals surface area contributed by atoms with Crippen LogP contribution < -0.4 is 10.1 Å². The van der Waals surface area contributed by atoms with Crippen LogP contribution in [0.2, 0.25) is 0 Å². The Morgan fingerprint density at radius 1 is 1.05 bits per heavy atom. The maximum atomic E-state index is 12.6. The minimum absolute atomic E-state index is 0.0279. The molecule has 5 nitrogen and oxygen atoms in total. The maximum absolute atomic E-state index is 12.6. The molecule has 3 aliphatic rings. The average molecular weight is 511 g/mol. The molecule has 2 atom stereocenters. The van der Waals surface area contributed by atoms with Crippen molar-refractivity contribution in [1.29, 1.82) is 0 Å². The highest BCUT2D eigenvalue weighted by atomic mass is 16.5. The number of nitrogens with one attached hydrogen (secondary N) is 1. The molecule has 198 valence electrons. The first-order chi connectivity index (χ1) is 18.5. The topological polar surface area (TPSA) is 71.5 Å². The first-order valence-electron chi connectivity index (χ1n) is 14.2. The van der Waals surface area contributed by atoms with Crippen LogP contribution in [-0.4, -0.2) is 28.2 Å². The zero-order valence-corrected chi connectivity index (χ0v) is 22.3. The Bertz CT molecular complexity index is 1300. The summed E-state index contributed by atoms with van der Waals surface area (Å²) in [6.07, 6.45) is 10.3. The summed E-state index contributed by atoms with van der Waals surface area (Å²) in [7, 11) is 0. The van der Waals surface area contributed by atoms with Crippen molar-refractivity contribution in [1.82, 2.24) is 4.98 Å². The van der Waals surface area contributed by atoms with Crippen LogP contribution in [0.1, 0.15) is 67.8 Å². The summed E-state index contributed by atoms with van der Waals surface area (Å²) in [5.74, 6) is 1.17. The largest absolute Gasteiger partial charge is 0.493 e. The number of para-hydroxylation sites is 1. The number of nitrogens with zero attached hydrogens (tertiary/aromatic N) is 1. The molecule has 2 N–H and O–H groups in total. The second-order valence-electron chi connectivity index (χ2n) is 11.8. The third kappa shape index (κ3) is 4.46. The van der Waals surface area contributed by atoms with Crippen molar-refractivity contribution in [3.8, 4) is 5.75 Å². The van der Waals surface area contributed by atoms with Crippen molar-refractivity contribution >= 4 is 11.7 Å². The molecule has 1 heterocycles. The second-order valence-corrected chi connectivity index (χ2v) is 11.8. The predicted octanol–water partition coefficient (Wildman–Crippen LogP) is 6.60. The number of carboxylic acids is 1. The van der Waals surface area contributed by atoms with E-state index in [0.29, 0.717) is 31.3 Å². The molecular weight excluding hydrogens is 472 g/mol. The maximum Gasteiger partial charge on any atom is 0.329 e. The first-order valence-corrected chi connectivity index (χ1v) is 14.2. The Kier molecular flexibility index (Phi) is 6.63. The number of anilines is 1. The van der Waals surface area contributed by atoms with Gasteiger partial charge in [-0.2, -0.15) is 0 Å². The lowest BCUT2D eigenvalue weighted by Gasteiger charge is -2.47. The van der Waals surface area contributed by atoms with Gasteiger partial charge in [-0.1, -0.05) is 49.4 Å². The van der Waals surface area contributed by atoms with Gasteiger partial charge in [0.2, 0.25) is 0 Å². The van der Waals surface area contributed by atoms with Crippen molar-refractivity contribution in [2.45, 2.75) is 75.7 Å². The fourth-order valence-electron chi connectivity index (χ4n) is 7.52. The van der Waals surface area contributed by atoms with Crippen molar-refractivity contribution in [3.05, 3.63) is 89.2 Å². The van der Waals surface area contributed by atoms with Crippen molar-refractivity contribution in [2.24, 2.45) is 11.8 Å². The summed E-state index contributed by atoms with van der Waals surface area (Å²) in [5, 5.41) is 13.8. The predicted molar refractivity (Wildman–Crippen MR) is 150 cm³/mol. The fourth-order valence-corrected chi connectivity index (χ4v) is 7.52. The lowest BCUT2D eigenvalue weighted by atomic mass is 9.59. The van der Waals surface area contributed by atoms with Gasteiger partial charge in [-0.05, 0) is 104 Å². The third-order valence-corrected chi connectivity index (χ3v) is 9.52. The summed E-state index contributed by atoms with van der Waals surface area (Å²) in [5.41, 5.74) is 5.37. The van der Waals surface area contributed by atoms with Crippen molar-refractivity contribution in [2.75, 3.05) is 11.9 Å². The van der Waals surface area contributed by atoms with Crippen LogP contribution in [0.15, 0.2) is 66.9 Å². The van der Waals surface area contributed by atoms with Gasteiger partial charge in [-0.15, -0.1) is 0 Å². The van der Waals surface area contributed by atoms with Gasteiger partial charge in [0, 0.05) is 23.1 Å². The van der Waals surface area contributed by atoms with Gasteiger partial charge >= 0.3 is 5.97 Å². The Balaban J connectivity index is 1.19. The average Bonchev–Trinajstić information content (AvgIpc) is 3.53. The van der Waals surface area contributed by atoms with E-state index < -0.39 is 11.5 Å². The molecule has 1 saturated carbocycles. The summed E-state index contributed by atoms with van der Waals surface area (Å²) in [4.78, 5) is 17.1. The molecule has 0 bridgehead atoms. The number of aromatic nitrogens is 1. The number of carboxylic acid groups (broad SMARTS) is 1. The summed E-state index contributed by atoms with van der Waals surface area (Å²) in [6, 6.07) is 20.7. The molecule has 1 spiro atoms. The van der Waals surface area contributed by atoms with E-state index in [2.05, 4.69) is 41.5 Å². The number of pyridine rings is 1. The SMILES string of the molecule is CC(COc1ccnc2c1CCC2)CC1Cc2ccccc2C12CCC(Nc1ccccc1)(C(=O)O)CC2. The van der Waals surface area contributed by atoms with E-state index in [9.17, 15) is 9.90 Å². The van der Waals surface area contributed by atoms with E-state index in [4.69, 9.17) is 4.74 Å². The molecule has 3 aromatic rings. The van der Waals surface area contributed by atoms with Crippen LogP contribution in [-0.2, 0) is 29.5 Å². The van der Waals surface area contributed by atoms with Gasteiger partial charge in [0.15, 0.2) is 0 Å². The number of hydrogen-bond acceptors (Lipinski definition) is 4. The molecule has 0 radical (unpaired) electrons. The molecule has 0 amide bonds. The molecule has 2 unspecified atom stereocenters. The lowest BCUT2D eigenvalue weighted by molar-refractivity contribution is -0.144. The van der Waals surface area contributed by atoms with E-state index in [-0.39, 0.29) is 5.41 Å². The Morgan fingerprint density at radius 3 is 2.61 bits per heavy atom. The van der Waals surface area contributed by atoms with Gasteiger partial charge < -0.3 is 15.2 Å². The molecule has 0 saturated heterocycles. The molecule has 2 aromatic carbocycles. The quantitative estimate of drug-likeness (QED) is 0.357. The van der Waals surface area contributed by atoms with Gasteiger partial charge in [0.05, 0.1) is 6.61 Å². The molecule has 6 rings (SSSR count). The Morgan fingerprint density at radius 2 is 1.82 bits per heavy atom. The van der Waals surface area contributed by atoms with Crippen LogP contribution in [0.3, 0.4) is 0 Å². The van der Waals surface area contributed by atoms with Crippen LogP contribution in [0.5, 0.6) is 5.75 Å². The van der Waals surface area contributed by atoms with E-state index in [1.165, 1.54) is 22.4 Å². The highest BCUT2D eigenvalue weighted by Crippen LogP contribution is 2.56. The number of fused-ring (bicyclic) bond motifs is 3. The standard InChI is InChI=1S/C33H38N2O3/c1-23(22-38-30-14-19-34-29-13-7-11-27(29)30)20-25-21-24-8-5-6-12-28(24)32(25)15-17-33(18-16-32,31(36)37)35-26-9-3-2-4-10-26/h2-6,8-10,12,14,19,23,25,35H,7,11,13,15-18,20-22H2,1H3,(H,36,37). The lowest BCUT2D eigenvalue weighted by Crippen LogP contribution is -2.53. The van der Waals surface area contributed by atoms with E-state index >= 15 is 0 Å². The minimum Gasteiger partial charge on any atom is -0.493 e. The molecule has 38 heavy (non-hydrogen) atoms. The smallest absolute Gasteiger partial charge is 0.329 e. The molecular formula is C33H38N2O3. The van der Waals surface area contributed by atoms with E-state index in [1.807, 2.05) is 42.6 Å². The zero-order chi connectivity index (χ0) is 26.2. The number of aryl methyl sites for hydroxylation is 1. The molecule has 5 heteroatoms. The third-order valence-electron chi connectivity index (χ3n) is 9.52. The van der Waals surface area contributed by atoms with E-state index in [1.54, 1.807) is 0 Å². The van der Waals surface area contributed by atoms with Crippen LogP contribution in [0, 0.1) is 11.8 Å². The monoisotopic (exact) mass is 510 g/mol. The van der Waals surface area contributed by atoms with Crippen molar-refractivity contribution in [3.63, 3.8) is 0 Å². The van der Waals surface area contributed by atoms with Gasteiger partial charge in [0.25, 0.3) is 0 Å². The number of benzene rings is 2. The number of hydrogen-bond donors (Lipinski definition) is 2. The molecule has 1 aromatic heterocycles. The minimum atomic E-state index is -0.925. The number of ether oxygens (including phenoxy) is 1. The number of carbonyl (C=O) groups is 1. The van der Waals surface area contributed by atoms with Gasteiger partial charge in [0.1, 0.15) is 11.3 Å². The number of rotatable bonds is 8. The van der Waals surface area contributed by atoms with Crippen LogP contribution in [0.4, 0.5) is 5.69 Å². The van der Waals surface area contributed by atoms with Crippen molar-refractivity contribution < 1.29 is 14.6 Å². The highest BCUT2D eigenvalue weighted by molar-refractivity contribution is 5.83. The normalized spacial score (nSPS) is 26.5. The summed E-state index contributed by atoms with van der Waals surface area (Å²) in [6.45, 7) is 3.01. The number of aliphatic carboxylic acids is 1. The Labute approximate surface area is 225 Å². The van der Waals surface area contributed by atoms with Crippen LogP contribution >= 0.6 is 0 Å². The summed E-state index contributed by atoms with van der Waals surface area (Å²) < 4.78 is 6.38. The molecule has 3 aliphatic carbocycles. The fraction of sp³-hybridized carbons (Fsp3) is 0.455. The Hall–Kier alpha value is -3.34.